The van der Waals surface area contributed by atoms with Crippen LogP contribution in [0.1, 0.15) is 13.3 Å². The average molecular weight is 271 g/mol. The molecule has 0 amide bonds. The third kappa shape index (κ3) is 5.92. The van der Waals surface area contributed by atoms with Gasteiger partial charge in [-0.25, -0.2) is 0 Å². The van der Waals surface area contributed by atoms with E-state index in [0.717, 1.165) is 42.7 Å². The van der Waals surface area contributed by atoms with Gasteiger partial charge >= 0.3 is 0 Å². The van der Waals surface area contributed by atoms with Crippen molar-refractivity contribution < 1.29 is 5.11 Å². The summed E-state index contributed by atoms with van der Waals surface area (Å²) in [5.74, 6) is 3.69. The highest BCUT2D eigenvalue weighted by Gasteiger charge is 2.00. The van der Waals surface area contributed by atoms with Gasteiger partial charge < -0.3 is 21.5 Å². The lowest BCUT2D eigenvalue weighted by Gasteiger charge is -2.08. The summed E-state index contributed by atoms with van der Waals surface area (Å²) in [5.41, 5.74) is 5.62. The van der Waals surface area contributed by atoms with Crippen molar-refractivity contribution in [2.24, 2.45) is 0 Å². The van der Waals surface area contributed by atoms with Crippen LogP contribution in [0.25, 0.3) is 0 Å². The fourth-order valence-electron chi connectivity index (χ4n) is 1.35. The number of aromatic nitrogens is 2. The summed E-state index contributed by atoms with van der Waals surface area (Å²) in [4.78, 5) is 8.19. The van der Waals surface area contributed by atoms with Crippen molar-refractivity contribution in [3.63, 3.8) is 0 Å². The molecule has 0 saturated heterocycles. The SMILES string of the molecule is CCNc1cc(NCCSCCCO)nc(N)n1. The molecule has 0 bridgehead atoms. The molecule has 5 N–H and O–H groups in total. The number of nitrogens with one attached hydrogen (secondary N) is 2. The number of aliphatic hydroxyl groups excluding tert-OH is 1. The van der Waals surface area contributed by atoms with Crippen LogP contribution in [0.4, 0.5) is 17.6 Å². The zero-order chi connectivity index (χ0) is 13.2. The number of rotatable bonds is 9. The van der Waals surface area contributed by atoms with Crippen LogP contribution in [0.3, 0.4) is 0 Å². The Morgan fingerprint density at radius 3 is 2.67 bits per heavy atom. The fourth-order valence-corrected chi connectivity index (χ4v) is 2.13. The first-order chi connectivity index (χ1) is 8.76. The second-order valence-electron chi connectivity index (χ2n) is 3.64. The zero-order valence-electron chi connectivity index (χ0n) is 10.6. The van der Waals surface area contributed by atoms with Crippen molar-refractivity contribution in [2.75, 3.05) is 47.6 Å². The zero-order valence-corrected chi connectivity index (χ0v) is 11.5. The van der Waals surface area contributed by atoms with Crippen LogP contribution in [-0.4, -0.2) is 46.3 Å². The first kappa shape index (κ1) is 14.8. The van der Waals surface area contributed by atoms with E-state index in [2.05, 4.69) is 20.6 Å². The third-order valence-corrected chi connectivity index (χ3v) is 3.17. The first-order valence-corrected chi connectivity index (χ1v) is 7.22. The fraction of sp³-hybridized carbons (Fsp3) is 0.636. The van der Waals surface area contributed by atoms with E-state index in [1.807, 2.05) is 13.0 Å². The molecule has 0 fully saturated rings. The molecular formula is C11H21N5OS. The van der Waals surface area contributed by atoms with Crippen LogP contribution in [0, 0.1) is 0 Å². The van der Waals surface area contributed by atoms with E-state index in [9.17, 15) is 0 Å². The van der Waals surface area contributed by atoms with Crippen molar-refractivity contribution in [1.29, 1.82) is 0 Å². The monoisotopic (exact) mass is 271 g/mol. The number of hydrogen-bond donors (Lipinski definition) is 4. The largest absolute Gasteiger partial charge is 0.396 e. The number of aliphatic hydroxyl groups is 1. The van der Waals surface area contributed by atoms with Gasteiger partial charge in [-0.05, 0) is 19.1 Å². The predicted octanol–water partition coefficient (Wildman–Crippen LogP) is 1.02. The second-order valence-corrected chi connectivity index (χ2v) is 4.87. The van der Waals surface area contributed by atoms with Gasteiger partial charge in [0.25, 0.3) is 0 Å². The van der Waals surface area contributed by atoms with Crippen molar-refractivity contribution >= 4 is 29.3 Å². The number of nitrogen functional groups attached to an aromatic ring is 1. The molecule has 102 valence electrons. The molecule has 0 aliphatic carbocycles. The van der Waals surface area contributed by atoms with Gasteiger partial charge in [0.2, 0.25) is 5.95 Å². The van der Waals surface area contributed by atoms with Gasteiger partial charge in [0.15, 0.2) is 0 Å². The summed E-state index contributed by atoms with van der Waals surface area (Å²) >= 11 is 1.80. The molecule has 7 heteroatoms. The lowest BCUT2D eigenvalue weighted by Crippen LogP contribution is -2.10. The summed E-state index contributed by atoms with van der Waals surface area (Å²) in [6.07, 6.45) is 0.843. The molecule has 1 rings (SSSR count). The van der Waals surface area contributed by atoms with E-state index in [0.29, 0.717) is 0 Å². The van der Waals surface area contributed by atoms with Crippen LogP contribution < -0.4 is 16.4 Å². The lowest BCUT2D eigenvalue weighted by atomic mass is 10.5. The minimum atomic E-state index is 0.259. The molecule has 0 saturated carbocycles. The molecule has 18 heavy (non-hydrogen) atoms. The molecule has 1 aromatic rings. The molecule has 1 aromatic heterocycles. The summed E-state index contributed by atoms with van der Waals surface area (Å²) in [6, 6.07) is 1.85. The highest BCUT2D eigenvalue weighted by Crippen LogP contribution is 2.12. The summed E-state index contributed by atoms with van der Waals surface area (Å²) < 4.78 is 0. The summed E-state index contributed by atoms with van der Waals surface area (Å²) in [5, 5.41) is 15.0. The van der Waals surface area contributed by atoms with Crippen LogP contribution >= 0.6 is 11.8 Å². The maximum absolute atomic E-state index is 8.65. The lowest BCUT2D eigenvalue weighted by molar-refractivity contribution is 0.296. The Labute approximate surface area is 112 Å². The Morgan fingerprint density at radius 1 is 1.28 bits per heavy atom. The van der Waals surface area contributed by atoms with Crippen LogP contribution in [0.2, 0.25) is 0 Å². The third-order valence-electron chi connectivity index (χ3n) is 2.10. The Morgan fingerprint density at radius 2 is 2.00 bits per heavy atom. The van der Waals surface area contributed by atoms with Gasteiger partial charge in [0.1, 0.15) is 11.6 Å². The smallest absolute Gasteiger partial charge is 0.223 e. The number of nitrogens with two attached hydrogens (primary N) is 1. The maximum atomic E-state index is 8.65. The average Bonchev–Trinajstić information content (AvgIpc) is 2.33. The molecule has 0 aliphatic heterocycles. The molecule has 0 aromatic carbocycles. The van der Waals surface area contributed by atoms with Crippen molar-refractivity contribution in [2.45, 2.75) is 13.3 Å². The van der Waals surface area contributed by atoms with Crippen molar-refractivity contribution in [1.82, 2.24) is 9.97 Å². The maximum Gasteiger partial charge on any atom is 0.223 e. The van der Waals surface area contributed by atoms with E-state index >= 15 is 0 Å². The number of hydrogen-bond acceptors (Lipinski definition) is 7. The molecular weight excluding hydrogens is 250 g/mol. The van der Waals surface area contributed by atoms with Crippen LogP contribution in [0.15, 0.2) is 6.07 Å². The molecule has 1 heterocycles. The molecule has 0 spiro atoms. The molecule has 0 unspecified atom stereocenters. The quantitative estimate of drug-likeness (QED) is 0.498. The van der Waals surface area contributed by atoms with E-state index in [4.69, 9.17) is 10.8 Å². The molecule has 0 aliphatic rings. The highest BCUT2D eigenvalue weighted by atomic mass is 32.2. The van der Waals surface area contributed by atoms with Gasteiger partial charge in [0.05, 0.1) is 0 Å². The van der Waals surface area contributed by atoms with Gasteiger partial charge in [-0.2, -0.15) is 21.7 Å². The van der Waals surface area contributed by atoms with Gasteiger partial charge in [-0.1, -0.05) is 0 Å². The summed E-state index contributed by atoms with van der Waals surface area (Å²) in [6.45, 7) is 3.88. The first-order valence-electron chi connectivity index (χ1n) is 6.07. The van der Waals surface area contributed by atoms with Gasteiger partial charge in [-0.3, -0.25) is 0 Å². The summed E-state index contributed by atoms with van der Waals surface area (Å²) in [7, 11) is 0. The van der Waals surface area contributed by atoms with Crippen LogP contribution in [0.5, 0.6) is 0 Å². The Hall–Kier alpha value is -1.21. The number of thioether (sulfide) groups is 1. The van der Waals surface area contributed by atoms with Crippen LogP contribution in [-0.2, 0) is 0 Å². The second kappa shape index (κ2) is 8.82. The van der Waals surface area contributed by atoms with Crippen molar-refractivity contribution in [3.8, 4) is 0 Å². The minimum Gasteiger partial charge on any atom is -0.396 e. The minimum absolute atomic E-state index is 0.259. The molecule has 0 atom stereocenters. The molecule has 6 nitrogen and oxygen atoms in total. The Kier molecular flexibility index (Phi) is 7.28. The number of anilines is 3. The standard InChI is InChI=1S/C11H21N5OS/c1-2-13-9-8-10(16-11(12)15-9)14-4-7-18-6-3-5-17/h8,17H,2-7H2,1H3,(H4,12,13,14,15,16). The van der Waals surface area contributed by atoms with E-state index in [-0.39, 0.29) is 12.6 Å². The highest BCUT2D eigenvalue weighted by molar-refractivity contribution is 7.99. The van der Waals surface area contributed by atoms with Gasteiger partial charge in [-0.15, -0.1) is 0 Å². The number of nitrogens with zero attached hydrogens (tertiary/aromatic N) is 2. The Balaban J connectivity index is 2.32. The predicted molar refractivity (Wildman–Crippen MR) is 78.1 cm³/mol. The van der Waals surface area contributed by atoms with E-state index in [1.165, 1.54) is 0 Å². The normalized spacial score (nSPS) is 10.3. The topological polar surface area (TPSA) is 96.1 Å². The van der Waals surface area contributed by atoms with Gasteiger partial charge in [0, 0.05) is 31.5 Å². The van der Waals surface area contributed by atoms with E-state index < -0.39 is 0 Å². The van der Waals surface area contributed by atoms with E-state index in [1.54, 1.807) is 11.8 Å². The Bertz CT molecular complexity index is 350. The molecule has 0 radical (unpaired) electrons. The van der Waals surface area contributed by atoms with Crippen molar-refractivity contribution in [3.05, 3.63) is 6.07 Å².